The molecule has 1 aliphatic rings. The first-order valence-electron chi connectivity index (χ1n) is 6.60. The van der Waals surface area contributed by atoms with Gasteiger partial charge in [0.15, 0.2) is 0 Å². The predicted molar refractivity (Wildman–Crippen MR) is 77.3 cm³/mol. The van der Waals surface area contributed by atoms with Crippen LogP contribution in [0.3, 0.4) is 0 Å². The van der Waals surface area contributed by atoms with Gasteiger partial charge in [-0.1, -0.05) is 19.1 Å². The average molecular weight is 264 g/mol. The molecule has 0 unspecified atom stereocenters. The smallest absolute Gasteiger partial charge is 0.272 e. The molecular formula is C16H12N2O2. The minimum absolute atomic E-state index is 0.190. The number of benzene rings is 2. The van der Waals surface area contributed by atoms with E-state index >= 15 is 0 Å². The Kier molecular flexibility index (Phi) is 2.21. The van der Waals surface area contributed by atoms with Crippen molar-refractivity contribution in [2.75, 3.05) is 0 Å². The Labute approximate surface area is 115 Å². The van der Waals surface area contributed by atoms with Crippen LogP contribution in [0.4, 0.5) is 0 Å². The van der Waals surface area contributed by atoms with E-state index < -0.39 is 0 Å². The molecule has 2 aromatic carbocycles. The van der Waals surface area contributed by atoms with Crippen molar-refractivity contribution in [2.24, 2.45) is 0 Å². The lowest BCUT2D eigenvalue weighted by atomic mass is 9.98. The molecule has 4 rings (SSSR count). The monoisotopic (exact) mass is 264 g/mol. The summed E-state index contributed by atoms with van der Waals surface area (Å²) in [7, 11) is 0. The molecule has 0 atom stereocenters. The molecule has 0 fully saturated rings. The van der Waals surface area contributed by atoms with E-state index in [0.29, 0.717) is 11.1 Å². The van der Waals surface area contributed by atoms with Gasteiger partial charge < -0.3 is 4.74 Å². The van der Waals surface area contributed by atoms with E-state index in [1.165, 1.54) is 5.56 Å². The summed E-state index contributed by atoms with van der Waals surface area (Å²) in [4.78, 5) is 11.9. The minimum atomic E-state index is -0.190. The van der Waals surface area contributed by atoms with Crippen LogP contribution in [0.25, 0.3) is 22.0 Å². The summed E-state index contributed by atoms with van der Waals surface area (Å²) in [6.07, 6.45) is 0.946. The van der Waals surface area contributed by atoms with E-state index in [1.807, 2.05) is 18.2 Å². The first-order valence-corrected chi connectivity index (χ1v) is 6.60. The van der Waals surface area contributed by atoms with Crippen LogP contribution < -0.4 is 10.3 Å². The third-order valence-corrected chi connectivity index (χ3v) is 3.70. The normalized spacial score (nSPS) is 12.1. The van der Waals surface area contributed by atoms with Crippen molar-refractivity contribution in [2.45, 2.75) is 13.3 Å². The summed E-state index contributed by atoms with van der Waals surface area (Å²) >= 11 is 0. The van der Waals surface area contributed by atoms with E-state index in [4.69, 9.17) is 4.74 Å². The lowest BCUT2D eigenvalue weighted by Crippen LogP contribution is -2.12. The summed E-state index contributed by atoms with van der Waals surface area (Å²) in [6, 6.07) is 11.6. The third-order valence-electron chi connectivity index (χ3n) is 3.70. The van der Waals surface area contributed by atoms with Crippen LogP contribution in [0.2, 0.25) is 0 Å². The number of aromatic amines is 1. The zero-order chi connectivity index (χ0) is 13.7. The number of aryl methyl sites for hydroxylation is 1. The number of rotatable bonds is 1. The highest BCUT2D eigenvalue weighted by Crippen LogP contribution is 2.44. The van der Waals surface area contributed by atoms with E-state index in [0.717, 1.165) is 28.8 Å². The fraction of sp³-hybridized carbons (Fsp3) is 0.125. The van der Waals surface area contributed by atoms with Crippen molar-refractivity contribution < 1.29 is 4.74 Å². The van der Waals surface area contributed by atoms with Crippen molar-refractivity contribution in [3.05, 3.63) is 52.3 Å². The summed E-state index contributed by atoms with van der Waals surface area (Å²) in [5.74, 6) is 1.47. The summed E-state index contributed by atoms with van der Waals surface area (Å²) < 4.78 is 5.91. The van der Waals surface area contributed by atoms with E-state index in [2.05, 4.69) is 29.3 Å². The Morgan fingerprint density at radius 3 is 2.95 bits per heavy atom. The number of ether oxygens (including phenoxy) is 1. The number of nitrogens with one attached hydrogen (secondary N) is 1. The summed E-state index contributed by atoms with van der Waals surface area (Å²) in [5, 5.41) is 8.21. The molecule has 0 radical (unpaired) electrons. The highest BCUT2D eigenvalue weighted by Gasteiger charge is 2.22. The lowest BCUT2D eigenvalue weighted by Gasteiger charge is -2.20. The van der Waals surface area contributed by atoms with Crippen LogP contribution in [-0.4, -0.2) is 10.2 Å². The molecule has 0 saturated carbocycles. The Bertz CT molecular complexity index is 897. The molecule has 0 bridgehead atoms. The van der Waals surface area contributed by atoms with Crippen LogP contribution in [0.1, 0.15) is 12.5 Å². The van der Waals surface area contributed by atoms with Crippen LogP contribution in [0, 0.1) is 0 Å². The molecule has 20 heavy (non-hydrogen) atoms. The summed E-state index contributed by atoms with van der Waals surface area (Å²) in [6.45, 7) is 2.11. The van der Waals surface area contributed by atoms with Gasteiger partial charge in [0.05, 0.1) is 10.8 Å². The third kappa shape index (κ3) is 1.42. The van der Waals surface area contributed by atoms with Gasteiger partial charge in [0, 0.05) is 5.56 Å². The molecule has 4 nitrogen and oxygen atoms in total. The molecular weight excluding hydrogens is 252 g/mol. The van der Waals surface area contributed by atoms with Crippen molar-refractivity contribution in [1.29, 1.82) is 0 Å². The van der Waals surface area contributed by atoms with Gasteiger partial charge in [-0.2, -0.15) is 5.10 Å². The van der Waals surface area contributed by atoms with E-state index in [1.54, 1.807) is 6.07 Å². The second kappa shape index (κ2) is 3.93. The van der Waals surface area contributed by atoms with Crippen molar-refractivity contribution in [1.82, 2.24) is 10.2 Å². The molecule has 4 heteroatoms. The zero-order valence-electron chi connectivity index (χ0n) is 10.9. The number of fused-ring (bicyclic) bond motifs is 2. The molecule has 0 aliphatic carbocycles. The van der Waals surface area contributed by atoms with Gasteiger partial charge in [0.25, 0.3) is 5.56 Å². The average Bonchev–Trinajstić information content (AvgIpc) is 2.49. The molecule has 0 amide bonds. The number of nitrogens with zero attached hydrogens (tertiary/aromatic N) is 1. The maximum Gasteiger partial charge on any atom is 0.272 e. The number of hydrogen-bond acceptors (Lipinski definition) is 3. The molecule has 1 aromatic heterocycles. The van der Waals surface area contributed by atoms with E-state index in [9.17, 15) is 4.79 Å². The number of H-pyrrole nitrogens is 1. The number of aromatic nitrogens is 2. The minimum Gasteiger partial charge on any atom is -0.456 e. The van der Waals surface area contributed by atoms with Crippen LogP contribution in [0.5, 0.6) is 11.5 Å². The highest BCUT2D eigenvalue weighted by molar-refractivity contribution is 6.01. The Hall–Kier alpha value is -2.62. The van der Waals surface area contributed by atoms with Gasteiger partial charge >= 0.3 is 0 Å². The molecule has 3 aromatic rings. The van der Waals surface area contributed by atoms with Gasteiger partial charge in [0.2, 0.25) is 0 Å². The first kappa shape index (κ1) is 11.2. The SMILES string of the molecule is CCc1ccc2c(c1)-c1n[nH]c(=O)c3cccc(c13)O2. The molecule has 0 spiro atoms. The first-order chi connectivity index (χ1) is 9.78. The van der Waals surface area contributed by atoms with Crippen molar-refractivity contribution in [3.8, 4) is 22.8 Å². The highest BCUT2D eigenvalue weighted by atomic mass is 16.5. The fourth-order valence-corrected chi connectivity index (χ4v) is 2.66. The lowest BCUT2D eigenvalue weighted by molar-refractivity contribution is 0.486. The number of hydrogen-bond donors (Lipinski definition) is 1. The largest absolute Gasteiger partial charge is 0.456 e. The second-order valence-corrected chi connectivity index (χ2v) is 4.87. The molecule has 1 N–H and O–H groups in total. The standard InChI is InChI=1S/C16H12N2O2/c1-2-9-6-7-12-11(8-9)15-14-10(16(19)18-17-15)4-3-5-13(14)20-12/h3-8H,2H2,1H3,(H,18,19). The van der Waals surface area contributed by atoms with Crippen LogP contribution in [0.15, 0.2) is 41.2 Å². The van der Waals surface area contributed by atoms with Crippen molar-refractivity contribution >= 4 is 10.8 Å². The predicted octanol–water partition coefficient (Wildman–Crippen LogP) is 3.26. The van der Waals surface area contributed by atoms with Gasteiger partial charge in [-0.05, 0) is 36.2 Å². The Morgan fingerprint density at radius 1 is 1.20 bits per heavy atom. The molecule has 0 saturated heterocycles. The maximum absolute atomic E-state index is 11.9. The molecule has 98 valence electrons. The van der Waals surface area contributed by atoms with Gasteiger partial charge in [-0.25, -0.2) is 5.10 Å². The van der Waals surface area contributed by atoms with Gasteiger partial charge in [0.1, 0.15) is 17.2 Å². The summed E-state index contributed by atoms with van der Waals surface area (Å²) in [5.41, 5.74) is 2.74. The Morgan fingerprint density at radius 2 is 2.10 bits per heavy atom. The van der Waals surface area contributed by atoms with E-state index in [-0.39, 0.29) is 5.56 Å². The van der Waals surface area contributed by atoms with Gasteiger partial charge in [-0.3, -0.25) is 4.79 Å². The molecule has 2 heterocycles. The second-order valence-electron chi connectivity index (χ2n) is 4.87. The maximum atomic E-state index is 11.9. The fourth-order valence-electron chi connectivity index (χ4n) is 2.66. The van der Waals surface area contributed by atoms with Gasteiger partial charge in [-0.15, -0.1) is 0 Å². The quantitative estimate of drug-likeness (QED) is 0.574. The zero-order valence-corrected chi connectivity index (χ0v) is 10.9. The van der Waals surface area contributed by atoms with Crippen LogP contribution >= 0.6 is 0 Å². The molecule has 1 aliphatic heterocycles. The topological polar surface area (TPSA) is 55.0 Å². The van der Waals surface area contributed by atoms with Crippen LogP contribution in [-0.2, 0) is 6.42 Å². The Balaban J connectivity index is 2.15. The van der Waals surface area contributed by atoms with Crippen molar-refractivity contribution in [3.63, 3.8) is 0 Å².